The first kappa shape index (κ1) is 22.3. The van der Waals surface area contributed by atoms with Crippen LogP contribution in [0.1, 0.15) is 13.3 Å². The van der Waals surface area contributed by atoms with Crippen molar-refractivity contribution in [2.75, 3.05) is 38.3 Å². The van der Waals surface area contributed by atoms with Crippen molar-refractivity contribution in [3.8, 4) is 5.75 Å². The van der Waals surface area contributed by atoms with Gasteiger partial charge in [-0.05, 0) is 37.6 Å². The van der Waals surface area contributed by atoms with E-state index >= 15 is 0 Å². The molecule has 0 radical (unpaired) electrons. The smallest absolute Gasteiger partial charge is 0.325 e. The Kier molecular flexibility index (Phi) is 7.02. The zero-order valence-corrected chi connectivity index (χ0v) is 18.7. The quantitative estimate of drug-likeness (QED) is 0.608. The van der Waals surface area contributed by atoms with Crippen molar-refractivity contribution >= 4 is 45.4 Å². The Hall–Kier alpha value is -1.43. The summed E-state index contributed by atoms with van der Waals surface area (Å²) in [7, 11) is -2.39. The monoisotopic (exact) mass is 460 g/mol. The normalized spacial score (nSPS) is 21.2. The van der Waals surface area contributed by atoms with Gasteiger partial charge in [-0.3, -0.25) is 9.59 Å². The topological polar surface area (TPSA) is 102 Å². The summed E-state index contributed by atoms with van der Waals surface area (Å²) in [6.45, 7) is 1.85. The molecule has 1 aromatic carbocycles. The van der Waals surface area contributed by atoms with Crippen molar-refractivity contribution < 1.29 is 27.5 Å². The molecule has 160 valence electrons. The second-order valence-electron chi connectivity index (χ2n) is 6.58. The molecule has 29 heavy (non-hydrogen) atoms. The van der Waals surface area contributed by atoms with Crippen molar-refractivity contribution in [3.63, 3.8) is 0 Å². The lowest BCUT2D eigenvalue weighted by molar-refractivity contribution is -0.143. The number of thioether (sulfide) groups is 2. The maximum absolute atomic E-state index is 13.3. The SMILES string of the molecule is CCOC(=O)CNC(=O)[C@@H]1CC2(CN1S(=O)(=O)c1ccc(OC)cc1)SCCS2. The van der Waals surface area contributed by atoms with E-state index in [-0.39, 0.29) is 28.7 Å². The lowest BCUT2D eigenvalue weighted by atomic mass is 10.2. The number of benzene rings is 1. The van der Waals surface area contributed by atoms with Gasteiger partial charge in [-0.15, -0.1) is 23.5 Å². The van der Waals surface area contributed by atoms with Crippen LogP contribution in [0.4, 0.5) is 0 Å². The summed E-state index contributed by atoms with van der Waals surface area (Å²) in [6, 6.07) is 5.22. The van der Waals surface area contributed by atoms with Crippen LogP contribution in [0.2, 0.25) is 0 Å². The van der Waals surface area contributed by atoms with Gasteiger partial charge in [0.1, 0.15) is 18.3 Å². The Balaban J connectivity index is 1.84. The van der Waals surface area contributed by atoms with Crippen LogP contribution in [0.15, 0.2) is 29.2 Å². The van der Waals surface area contributed by atoms with Crippen LogP contribution in [0.25, 0.3) is 0 Å². The highest BCUT2D eigenvalue weighted by atomic mass is 32.2. The summed E-state index contributed by atoms with van der Waals surface area (Å²) in [5.74, 6) is 1.34. The number of amides is 1. The first-order valence-electron chi connectivity index (χ1n) is 9.18. The van der Waals surface area contributed by atoms with E-state index in [1.54, 1.807) is 42.6 Å². The number of nitrogens with one attached hydrogen (secondary N) is 1. The molecule has 1 amide bonds. The van der Waals surface area contributed by atoms with Gasteiger partial charge in [0.05, 0.1) is 22.7 Å². The summed E-state index contributed by atoms with van der Waals surface area (Å²) < 4.78 is 37.5. The van der Waals surface area contributed by atoms with Crippen molar-refractivity contribution in [1.82, 2.24) is 9.62 Å². The fourth-order valence-corrected chi connectivity index (χ4v) is 8.43. The second kappa shape index (κ2) is 9.15. The van der Waals surface area contributed by atoms with Crippen LogP contribution in [0, 0.1) is 0 Å². The maximum Gasteiger partial charge on any atom is 0.325 e. The molecule has 0 bridgehead atoms. The van der Waals surface area contributed by atoms with E-state index in [4.69, 9.17) is 9.47 Å². The van der Waals surface area contributed by atoms with Gasteiger partial charge in [0.2, 0.25) is 15.9 Å². The molecule has 1 N–H and O–H groups in total. The molecule has 1 aromatic rings. The van der Waals surface area contributed by atoms with Gasteiger partial charge in [0.15, 0.2) is 0 Å². The molecule has 11 heteroatoms. The number of esters is 1. The standard InChI is InChI=1S/C18H24N2O6S3/c1-3-26-16(21)11-19-17(22)15-10-18(27-8-9-28-18)12-20(15)29(23,24)14-6-4-13(25-2)5-7-14/h4-7,15H,3,8-12H2,1-2H3,(H,19,22)/t15-/m0/s1. The van der Waals surface area contributed by atoms with E-state index in [2.05, 4.69) is 5.32 Å². The molecule has 3 rings (SSSR count). The molecule has 2 fully saturated rings. The summed E-state index contributed by atoms with van der Waals surface area (Å²) in [5, 5.41) is 2.53. The molecular formula is C18H24N2O6S3. The minimum atomic E-state index is -3.90. The summed E-state index contributed by atoms with van der Waals surface area (Å²) in [4.78, 5) is 24.5. The summed E-state index contributed by atoms with van der Waals surface area (Å²) >= 11 is 3.38. The summed E-state index contributed by atoms with van der Waals surface area (Å²) in [6.07, 6.45) is 0.395. The Morgan fingerprint density at radius 2 is 1.90 bits per heavy atom. The number of methoxy groups -OCH3 is 1. The highest BCUT2D eigenvalue weighted by Crippen LogP contribution is 2.52. The van der Waals surface area contributed by atoms with E-state index in [0.717, 1.165) is 11.5 Å². The zero-order valence-electron chi connectivity index (χ0n) is 16.3. The number of nitrogens with zero attached hydrogens (tertiary/aromatic N) is 1. The highest BCUT2D eigenvalue weighted by Gasteiger charge is 2.53. The largest absolute Gasteiger partial charge is 0.497 e. The van der Waals surface area contributed by atoms with Crippen molar-refractivity contribution in [3.05, 3.63) is 24.3 Å². The highest BCUT2D eigenvalue weighted by molar-refractivity contribution is 8.21. The third-order valence-corrected chi connectivity index (χ3v) is 10.0. The van der Waals surface area contributed by atoms with E-state index < -0.39 is 27.9 Å². The van der Waals surface area contributed by atoms with E-state index in [1.807, 2.05) is 0 Å². The molecule has 0 saturated carbocycles. The molecule has 2 aliphatic rings. The van der Waals surface area contributed by atoms with Crippen LogP contribution < -0.4 is 10.1 Å². The van der Waals surface area contributed by atoms with Crippen molar-refractivity contribution in [2.24, 2.45) is 0 Å². The maximum atomic E-state index is 13.3. The Morgan fingerprint density at radius 3 is 2.48 bits per heavy atom. The predicted octanol–water partition coefficient (Wildman–Crippen LogP) is 1.31. The van der Waals surface area contributed by atoms with Gasteiger partial charge >= 0.3 is 5.97 Å². The number of hydrogen-bond acceptors (Lipinski definition) is 8. The van der Waals surface area contributed by atoms with Gasteiger partial charge in [-0.2, -0.15) is 4.31 Å². The molecule has 2 saturated heterocycles. The number of sulfonamides is 1. The Labute approximate surface area is 179 Å². The van der Waals surface area contributed by atoms with Crippen LogP contribution in [0.5, 0.6) is 5.75 Å². The van der Waals surface area contributed by atoms with E-state index in [1.165, 1.54) is 23.5 Å². The van der Waals surface area contributed by atoms with Gasteiger partial charge < -0.3 is 14.8 Å². The minimum absolute atomic E-state index is 0.103. The van der Waals surface area contributed by atoms with E-state index in [9.17, 15) is 18.0 Å². The average Bonchev–Trinajstić information content (AvgIpc) is 3.34. The van der Waals surface area contributed by atoms with Crippen LogP contribution >= 0.6 is 23.5 Å². The number of ether oxygens (including phenoxy) is 2. The Bertz CT molecular complexity index is 853. The van der Waals surface area contributed by atoms with Gasteiger partial charge in [0, 0.05) is 18.1 Å². The summed E-state index contributed by atoms with van der Waals surface area (Å²) in [5.41, 5.74) is 0. The first-order valence-corrected chi connectivity index (χ1v) is 12.6. The first-order chi connectivity index (χ1) is 13.8. The Morgan fingerprint density at radius 1 is 1.24 bits per heavy atom. The number of hydrogen-bond donors (Lipinski definition) is 1. The molecule has 2 heterocycles. The average molecular weight is 461 g/mol. The van der Waals surface area contributed by atoms with E-state index in [0.29, 0.717) is 12.2 Å². The molecule has 0 aromatic heterocycles. The molecule has 0 unspecified atom stereocenters. The molecule has 2 aliphatic heterocycles. The molecule has 1 spiro atoms. The van der Waals surface area contributed by atoms with Crippen molar-refractivity contribution in [1.29, 1.82) is 0 Å². The van der Waals surface area contributed by atoms with Gasteiger partial charge in [0.25, 0.3) is 0 Å². The molecule has 1 atom stereocenters. The minimum Gasteiger partial charge on any atom is -0.497 e. The van der Waals surface area contributed by atoms with Crippen LogP contribution in [0.3, 0.4) is 0 Å². The molecule has 8 nitrogen and oxygen atoms in total. The fraction of sp³-hybridized carbons (Fsp3) is 0.556. The zero-order chi connectivity index (χ0) is 21.1. The third kappa shape index (κ3) is 4.84. The van der Waals surface area contributed by atoms with Crippen molar-refractivity contribution in [2.45, 2.75) is 28.4 Å². The number of carbonyl (C=O) groups excluding carboxylic acids is 2. The third-order valence-electron chi connectivity index (χ3n) is 4.74. The lowest BCUT2D eigenvalue weighted by Gasteiger charge is -2.23. The van der Waals surface area contributed by atoms with Gasteiger partial charge in [-0.1, -0.05) is 0 Å². The molecular weight excluding hydrogens is 436 g/mol. The predicted molar refractivity (Wildman–Crippen MR) is 113 cm³/mol. The number of rotatable bonds is 7. The lowest BCUT2D eigenvalue weighted by Crippen LogP contribution is -2.47. The van der Waals surface area contributed by atoms with Crippen LogP contribution in [-0.2, 0) is 24.3 Å². The second-order valence-corrected chi connectivity index (χ2v) is 11.7. The van der Waals surface area contributed by atoms with Gasteiger partial charge in [-0.25, -0.2) is 8.42 Å². The fourth-order valence-electron chi connectivity index (χ4n) is 3.36. The number of carbonyl (C=O) groups is 2. The van der Waals surface area contributed by atoms with Crippen LogP contribution in [-0.4, -0.2) is 73.0 Å². The molecule has 0 aliphatic carbocycles.